The number of rotatable bonds is 7. The summed E-state index contributed by atoms with van der Waals surface area (Å²) in [7, 11) is 0. The topological polar surface area (TPSA) is 15.7 Å². The average molecular weight is 365 g/mol. The molecule has 2 aromatic carbocycles. The van der Waals surface area contributed by atoms with Crippen molar-refractivity contribution < 1.29 is 4.74 Å². The van der Waals surface area contributed by atoms with E-state index in [1.807, 2.05) is 0 Å². The van der Waals surface area contributed by atoms with Gasteiger partial charge in [0.15, 0.2) is 0 Å². The van der Waals surface area contributed by atoms with Gasteiger partial charge in [0.25, 0.3) is 0 Å². The maximum atomic E-state index is 6.17. The molecule has 0 saturated carbocycles. The van der Waals surface area contributed by atoms with Crippen molar-refractivity contribution in [2.45, 2.75) is 38.3 Å². The van der Waals surface area contributed by atoms with Gasteiger partial charge in [-0.05, 0) is 55.5 Å². The Hall–Kier alpha value is -1.68. The number of hydrogen-bond donors (Lipinski definition) is 0. The standard InChI is InChI=1S/C24H32N2O/c1-2-8-21(9-3-1)24-11-5-4-10-22(24)20-26-16-12-23(13-17-26)27-19-18-25-14-6-7-15-25/h1-5,8-11,23H,6-7,12-20H2. The fraction of sp³-hybridized carbons (Fsp3) is 0.500. The summed E-state index contributed by atoms with van der Waals surface area (Å²) in [5.74, 6) is 0. The molecule has 0 atom stereocenters. The van der Waals surface area contributed by atoms with E-state index >= 15 is 0 Å². The minimum atomic E-state index is 0.452. The molecule has 2 fully saturated rings. The zero-order valence-corrected chi connectivity index (χ0v) is 16.4. The van der Waals surface area contributed by atoms with Crippen LogP contribution in [0.4, 0.5) is 0 Å². The van der Waals surface area contributed by atoms with Crippen LogP contribution in [0.5, 0.6) is 0 Å². The van der Waals surface area contributed by atoms with Crippen LogP contribution < -0.4 is 0 Å². The Morgan fingerprint density at radius 2 is 1.48 bits per heavy atom. The molecule has 0 aliphatic carbocycles. The number of nitrogens with zero attached hydrogens (tertiary/aromatic N) is 2. The molecule has 2 heterocycles. The van der Waals surface area contributed by atoms with Crippen molar-refractivity contribution in [1.29, 1.82) is 0 Å². The van der Waals surface area contributed by atoms with Crippen molar-refractivity contribution in [3.63, 3.8) is 0 Å². The van der Waals surface area contributed by atoms with Gasteiger partial charge in [0, 0.05) is 26.2 Å². The van der Waals surface area contributed by atoms with Crippen LogP contribution in [0.25, 0.3) is 11.1 Å². The maximum Gasteiger partial charge on any atom is 0.0600 e. The quantitative estimate of drug-likeness (QED) is 0.723. The minimum absolute atomic E-state index is 0.452. The van der Waals surface area contributed by atoms with Crippen LogP contribution in [0.3, 0.4) is 0 Å². The van der Waals surface area contributed by atoms with Crippen molar-refractivity contribution in [2.24, 2.45) is 0 Å². The van der Waals surface area contributed by atoms with Crippen LogP contribution >= 0.6 is 0 Å². The Balaban J connectivity index is 1.26. The summed E-state index contributed by atoms with van der Waals surface area (Å²) >= 11 is 0. The van der Waals surface area contributed by atoms with E-state index in [0.717, 1.165) is 45.6 Å². The highest BCUT2D eigenvalue weighted by Gasteiger charge is 2.21. The monoisotopic (exact) mass is 364 g/mol. The molecule has 27 heavy (non-hydrogen) atoms. The van der Waals surface area contributed by atoms with Gasteiger partial charge >= 0.3 is 0 Å². The first-order chi connectivity index (χ1) is 13.4. The van der Waals surface area contributed by atoms with Crippen molar-refractivity contribution in [3.05, 3.63) is 60.2 Å². The van der Waals surface area contributed by atoms with E-state index in [1.165, 1.54) is 42.6 Å². The Labute approximate surface area is 163 Å². The lowest BCUT2D eigenvalue weighted by atomic mass is 9.98. The summed E-state index contributed by atoms with van der Waals surface area (Å²) in [6.07, 6.45) is 5.50. The van der Waals surface area contributed by atoms with Crippen LogP contribution in [-0.4, -0.2) is 55.2 Å². The molecular formula is C24H32N2O. The molecule has 0 bridgehead atoms. The molecule has 2 aromatic rings. The fourth-order valence-electron chi connectivity index (χ4n) is 4.39. The zero-order chi connectivity index (χ0) is 18.3. The molecule has 0 aromatic heterocycles. The van der Waals surface area contributed by atoms with Gasteiger partial charge in [-0.1, -0.05) is 54.6 Å². The van der Waals surface area contributed by atoms with Crippen LogP contribution in [-0.2, 0) is 11.3 Å². The lowest BCUT2D eigenvalue weighted by Gasteiger charge is -2.32. The van der Waals surface area contributed by atoms with Crippen LogP contribution in [0, 0.1) is 0 Å². The van der Waals surface area contributed by atoms with Crippen molar-refractivity contribution >= 4 is 0 Å². The molecule has 2 aliphatic heterocycles. The van der Waals surface area contributed by atoms with Gasteiger partial charge in [-0.3, -0.25) is 4.90 Å². The molecule has 2 aliphatic rings. The smallest absolute Gasteiger partial charge is 0.0600 e. The van der Waals surface area contributed by atoms with E-state index in [-0.39, 0.29) is 0 Å². The van der Waals surface area contributed by atoms with Crippen molar-refractivity contribution in [2.75, 3.05) is 39.3 Å². The number of likely N-dealkylation sites (tertiary alicyclic amines) is 2. The summed E-state index contributed by atoms with van der Waals surface area (Å²) in [6.45, 7) is 7.86. The summed E-state index contributed by atoms with van der Waals surface area (Å²) in [5, 5.41) is 0. The molecule has 144 valence electrons. The Kier molecular flexibility index (Phi) is 6.57. The Bertz CT molecular complexity index is 689. The van der Waals surface area contributed by atoms with Gasteiger partial charge in [0.2, 0.25) is 0 Å². The van der Waals surface area contributed by atoms with E-state index in [4.69, 9.17) is 4.74 Å². The molecular weight excluding hydrogens is 332 g/mol. The highest BCUT2D eigenvalue weighted by atomic mass is 16.5. The summed E-state index contributed by atoms with van der Waals surface area (Å²) < 4.78 is 6.17. The third-order valence-corrected chi connectivity index (χ3v) is 5.99. The molecule has 0 N–H and O–H groups in total. The first-order valence-electron chi connectivity index (χ1n) is 10.6. The second-order valence-electron chi connectivity index (χ2n) is 7.92. The molecule has 3 nitrogen and oxygen atoms in total. The molecule has 4 rings (SSSR count). The van der Waals surface area contributed by atoms with Crippen molar-refractivity contribution in [3.8, 4) is 11.1 Å². The van der Waals surface area contributed by atoms with E-state index in [2.05, 4.69) is 64.4 Å². The largest absolute Gasteiger partial charge is 0.377 e. The molecule has 3 heteroatoms. The average Bonchev–Trinajstić information content (AvgIpc) is 3.24. The third kappa shape index (κ3) is 5.19. The van der Waals surface area contributed by atoms with Gasteiger partial charge in [-0.25, -0.2) is 0 Å². The van der Waals surface area contributed by atoms with Crippen LogP contribution in [0.2, 0.25) is 0 Å². The second kappa shape index (κ2) is 9.50. The third-order valence-electron chi connectivity index (χ3n) is 5.99. The first kappa shape index (κ1) is 18.7. The summed E-state index contributed by atoms with van der Waals surface area (Å²) in [5.41, 5.74) is 4.10. The van der Waals surface area contributed by atoms with Gasteiger partial charge in [-0.15, -0.1) is 0 Å². The fourth-order valence-corrected chi connectivity index (χ4v) is 4.39. The maximum absolute atomic E-state index is 6.17. The molecule has 0 amide bonds. The van der Waals surface area contributed by atoms with Crippen LogP contribution in [0.15, 0.2) is 54.6 Å². The summed E-state index contributed by atoms with van der Waals surface area (Å²) in [6, 6.07) is 19.6. The normalized spacial score (nSPS) is 19.6. The van der Waals surface area contributed by atoms with E-state index < -0.39 is 0 Å². The number of hydrogen-bond acceptors (Lipinski definition) is 3. The van der Waals surface area contributed by atoms with Gasteiger partial charge in [0.05, 0.1) is 12.7 Å². The van der Waals surface area contributed by atoms with Crippen LogP contribution in [0.1, 0.15) is 31.2 Å². The minimum Gasteiger partial charge on any atom is -0.377 e. The Morgan fingerprint density at radius 1 is 0.778 bits per heavy atom. The molecule has 0 radical (unpaired) electrons. The van der Waals surface area contributed by atoms with Gasteiger partial charge in [0.1, 0.15) is 0 Å². The number of piperidine rings is 1. The predicted molar refractivity (Wildman–Crippen MR) is 112 cm³/mol. The lowest BCUT2D eigenvalue weighted by molar-refractivity contribution is -0.00113. The number of benzene rings is 2. The van der Waals surface area contributed by atoms with Crippen molar-refractivity contribution in [1.82, 2.24) is 9.80 Å². The van der Waals surface area contributed by atoms with Gasteiger partial charge < -0.3 is 9.64 Å². The number of ether oxygens (including phenoxy) is 1. The van der Waals surface area contributed by atoms with E-state index in [9.17, 15) is 0 Å². The highest BCUT2D eigenvalue weighted by molar-refractivity contribution is 5.67. The zero-order valence-electron chi connectivity index (χ0n) is 16.4. The Morgan fingerprint density at radius 3 is 2.26 bits per heavy atom. The first-order valence-corrected chi connectivity index (χ1v) is 10.6. The van der Waals surface area contributed by atoms with E-state index in [0.29, 0.717) is 6.10 Å². The lowest BCUT2D eigenvalue weighted by Crippen LogP contribution is -2.37. The molecule has 0 unspecified atom stereocenters. The molecule has 0 spiro atoms. The second-order valence-corrected chi connectivity index (χ2v) is 7.92. The van der Waals surface area contributed by atoms with E-state index in [1.54, 1.807) is 0 Å². The molecule has 2 saturated heterocycles. The highest BCUT2D eigenvalue weighted by Crippen LogP contribution is 2.26. The SMILES string of the molecule is c1ccc(-c2ccccc2CN2CCC(OCCN3CCCC3)CC2)cc1. The summed E-state index contributed by atoms with van der Waals surface area (Å²) in [4.78, 5) is 5.12. The predicted octanol–water partition coefficient (Wildman–Crippen LogP) is 4.43. The van der Waals surface area contributed by atoms with Gasteiger partial charge in [-0.2, -0.15) is 0 Å².